The van der Waals surface area contributed by atoms with Crippen molar-refractivity contribution in [3.8, 4) is 17.1 Å². The van der Waals surface area contributed by atoms with Crippen LogP contribution < -0.4 is 15.4 Å². The summed E-state index contributed by atoms with van der Waals surface area (Å²) < 4.78 is 93.2. The number of benzene rings is 2. The highest BCUT2D eigenvalue weighted by Crippen LogP contribution is 2.35. The quantitative estimate of drug-likeness (QED) is 0.260. The third-order valence-corrected chi connectivity index (χ3v) is 6.34. The van der Waals surface area contributed by atoms with Crippen LogP contribution in [0.4, 0.5) is 30.7 Å². The lowest BCUT2D eigenvalue weighted by Gasteiger charge is -2.14. The summed E-state index contributed by atoms with van der Waals surface area (Å²) in [6.07, 6.45) is -7.78. The molecular weight excluding hydrogens is 591 g/mol. The first-order valence-corrected chi connectivity index (χ1v) is 12.3. The molecule has 1 aliphatic carbocycles. The molecule has 43 heavy (non-hydrogen) atoms. The first-order chi connectivity index (χ1) is 20.3. The highest BCUT2D eigenvalue weighted by atomic mass is 19.4. The fraction of sp³-hybridized carbons (Fsp3) is 0.231. The number of carbonyl (C=O) groups is 2. The van der Waals surface area contributed by atoms with Gasteiger partial charge < -0.3 is 15.4 Å². The van der Waals surface area contributed by atoms with Gasteiger partial charge in [0, 0.05) is 18.2 Å². The van der Waals surface area contributed by atoms with Crippen molar-refractivity contribution in [2.24, 2.45) is 0 Å². The van der Waals surface area contributed by atoms with Crippen LogP contribution in [0, 0.1) is 5.82 Å². The number of hydrogen-bond acceptors (Lipinski definition) is 7. The normalized spacial score (nSPS) is 14.7. The molecule has 1 atom stereocenters. The summed E-state index contributed by atoms with van der Waals surface area (Å²) in [6.45, 7) is -0.301. The number of amides is 2. The largest absolute Gasteiger partial charge is 0.573 e. The van der Waals surface area contributed by atoms with Gasteiger partial charge in [0.2, 0.25) is 5.82 Å². The molecule has 17 heteroatoms. The molecule has 0 unspecified atom stereocenters. The summed E-state index contributed by atoms with van der Waals surface area (Å²) in [6, 6.07) is 8.22. The minimum atomic E-state index is -5.11. The van der Waals surface area contributed by atoms with Crippen molar-refractivity contribution in [3.05, 3.63) is 88.5 Å². The second kappa shape index (κ2) is 11.3. The van der Waals surface area contributed by atoms with E-state index in [4.69, 9.17) is 0 Å². The first kappa shape index (κ1) is 29.4. The molecule has 3 N–H and O–H groups in total. The SMILES string of the molecule is O=C(NCc1ccc(F)c(OC(F)(F)F)c1)c1cc(C(=O)N[C@@H]2CCc3cc(-c4n[nH]c(C(F)(F)F)n4)ccc32)ncn1. The number of ether oxygens (including phenoxy) is 1. The molecule has 0 radical (unpaired) electrons. The van der Waals surface area contributed by atoms with Crippen molar-refractivity contribution in [1.82, 2.24) is 35.8 Å². The van der Waals surface area contributed by atoms with Gasteiger partial charge in [-0.1, -0.05) is 18.2 Å². The summed E-state index contributed by atoms with van der Waals surface area (Å²) in [5.41, 5.74) is 1.64. The number of H-pyrrole nitrogens is 1. The Morgan fingerprint density at radius 2 is 1.72 bits per heavy atom. The van der Waals surface area contributed by atoms with Gasteiger partial charge in [0.25, 0.3) is 11.8 Å². The van der Waals surface area contributed by atoms with Gasteiger partial charge in [0.15, 0.2) is 17.4 Å². The van der Waals surface area contributed by atoms with Crippen LogP contribution in [0.5, 0.6) is 5.75 Å². The number of nitrogens with one attached hydrogen (secondary N) is 3. The average Bonchev–Trinajstić information content (AvgIpc) is 3.60. The van der Waals surface area contributed by atoms with Crippen LogP contribution >= 0.6 is 0 Å². The lowest BCUT2D eigenvalue weighted by atomic mass is 10.0. The fourth-order valence-electron chi connectivity index (χ4n) is 4.40. The Labute approximate surface area is 236 Å². The number of halogens is 7. The standard InChI is InChI=1S/C26H18F7N7O3/c27-16-5-1-12(7-20(16)43-26(31,32)33)10-34-22(41)18-9-19(36-11-35-18)23(42)37-17-6-3-13-8-14(2-4-15(13)17)21-38-24(40-39-21)25(28,29)30/h1-2,4-5,7-9,11,17H,3,6,10H2,(H,34,41)(H,37,42)(H,38,39,40)/t17-/m1/s1. The van der Waals surface area contributed by atoms with Gasteiger partial charge in [-0.15, -0.1) is 13.2 Å². The second-order valence-corrected chi connectivity index (χ2v) is 9.27. The maximum absolute atomic E-state index is 13.6. The molecule has 5 rings (SSSR count). The predicted molar refractivity (Wildman–Crippen MR) is 132 cm³/mol. The number of nitrogens with zero attached hydrogens (tertiary/aromatic N) is 4. The van der Waals surface area contributed by atoms with Crippen molar-refractivity contribution >= 4 is 11.8 Å². The van der Waals surface area contributed by atoms with Crippen LogP contribution in [0.15, 0.2) is 48.8 Å². The van der Waals surface area contributed by atoms with Crippen LogP contribution in [0.25, 0.3) is 11.4 Å². The monoisotopic (exact) mass is 609 g/mol. The third-order valence-electron chi connectivity index (χ3n) is 6.34. The zero-order chi connectivity index (χ0) is 30.9. The Bertz CT molecular complexity index is 1690. The number of rotatable bonds is 7. The molecule has 2 aromatic heterocycles. The second-order valence-electron chi connectivity index (χ2n) is 9.27. The average molecular weight is 609 g/mol. The Morgan fingerprint density at radius 1 is 0.977 bits per heavy atom. The highest BCUT2D eigenvalue weighted by molar-refractivity contribution is 5.97. The van der Waals surface area contributed by atoms with Crippen LogP contribution in [-0.4, -0.2) is 43.3 Å². The van der Waals surface area contributed by atoms with E-state index in [1.165, 1.54) is 0 Å². The van der Waals surface area contributed by atoms with Crippen molar-refractivity contribution in [2.45, 2.75) is 38.0 Å². The molecule has 4 aromatic rings. The number of aryl methyl sites for hydroxylation is 1. The highest BCUT2D eigenvalue weighted by Gasteiger charge is 2.36. The van der Waals surface area contributed by atoms with Gasteiger partial charge in [-0.05, 0) is 47.7 Å². The van der Waals surface area contributed by atoms with E-state index < -0.39 is 47.8 Å². The molecule has 224 valence electrons. The zero-order valence-corrected chi connectivity index (χ0v) is 21.5. The number of aromatic amines is 1. The maximum Gasteiger partial charge on any atom is 0.573 e. The van der Waals surface area contributed by atoms with E-state index in [2.05, 4.69) is 35.4 Å². The summed E-state index contributed by atoms with van der Waals surface area (Å²) in [5.74, 6) is -5.04. The molecule has 0 saturated carbocycles. The predicted octanol–water partition coefficient (Wildman–Crippen LogP) is 4.67. The number of alkyl halides is 6. The number of carbonyl (C=O) groups excluding carboxylic acids is 2. The Morgan fingerprint density at radius 3 is 2.42 bits per heavy atom. The summed E-state index contributed by atoms with van der Waals surface area (Å²) in [5, 5.41) is 10.7. The van der Waals surface area contributed by atoms with E-state index in [9.17, 15) is 40.3 Å². The molecular formula is C26H18F7N7O3. The lowest BCUT2D eigenvalue weighted by molar-refractivity contribution is -0.275. The molecule has 1 aliphatic rings. The third kappa shape index (κ3) is 6.87. The van der Waals surface area contributed by atoms with E-state index >= 15 is 0 Å². The van der Waals surface area contributed by atoms with E-state index in [-0.39, 0.29) is 29.3 Å². The minimum absolute atomic E-state index is 0.105. The number of aromatic nitrogens is 5. The Hall–Kier alpha value is -5.09. The van der Waals surface area contributed by atoms with Gasteiger partial charge in [-0.2, -0.15) is 18.3 Å². The summed E-state index contributed by atoms with van der Waals surface area (Å²) in [7, 11) is 0. The van der Waals surface area contributed by atoms with Gasteiger partial charge in [-0.3, -0.25) is 14.7 Å². The van der Waals surface area contributed by atoms with Crippen LogP contribution in [-0.2, 0) is 19.1 Å². The van der Waals surface area contributed by atoms with Crippen molar-refractivity contribution < 1.29 is 45.1 Å². The molecule has 2 heterocycles. The van der Waals surface area contributed by atoms with Crippen molar-refractivity contribution in [1.29, 1.82) is 0 Å². The van der Waals surface area contributed by atoms with E-state index in [1.807, 2.05) is 5.10 Å². The lowest BCUT2D eigenvalue weighted by Crippen LogP contribution is -2.29. The Balaban J connectivity index is 1.22. The van der Waals surface area contributed by atoms with Gasteiger partial charge in [0.05, 0.1) is 6.04 Å². The Kier molecular flexibility index (Phi) is 7.72. The fourth-order valence-corrected chi connectivity index (χ4v) is 4.40. The van der Waals surface area contributed by atoms with Crippen LogP contribution in [0.3, 0.4) is 0 Å². The molecule has 10 nitrogen and oxygen atoms in total. The van der Waals surface area contributed by atoms with Gasteiger partial charge in [-0.25, -0.2) is 19.3 Å². The van der Waals surface area contributed by atoms with E-state index in [0.717, 1.165) is 41.7 Å². The molecule has 2 amide bonds. The van der Waals surface area contributed by atoms with Crippen LogP contribution in [0.2, 0.25) is 0 Å². The topological polar surface area (TPSA) is 135 Å². The molecule has 2 aromatic carbocycles. The minimum Gasteiger partial charge on any atom is -0.403 e. The molecule has 0 fully saturated rings. The summed E-state index contributed by atoms with van der Waals surface area (Å²) in [4.78, 5) is 36.7. The van der Waals surface area contributed by atoms with Crippen LogP contribution in [0.1, 0.15) is 56.0 Å². The van der Waals surface area contributed by atoms with Gasteiger partial charge in [0.1, 0.15) is 17.7 Å². The first-order valence-electron chi connectivity index (χ1n) is 12.3. The van der Waals surface area contributed by atoms with Gasteiger partial charge >= 0.3 is 12.5 Å². The molecule has 0 aliphatic heterocycles. The maximum atomic E-state index is 13.6. The van der Waals surface area contributed by atoms with Crippen molar-refractivity contribution in [2.75, 3.05) is 0 Å². The molecule has 0 saturated heterocycles. The summed E-state index contributed by atoms with van der Waals surface area (Å²) >= 11 is 0. The van der Waals surface area contributed by atoms with Crippen molar-refractivity contribution in [3.63, 3.8) is 0 Å². The van der Waals surface area contributed by atoms with E-state index in [0.29, 0.717) is 18.4 Å². The number of fused-ring (bicyclic) bond motifs is 1. The number of hydrogen-bond donors (Lipinski definition) is 3. The van der Waals surface area contributed by atoms with E-state index in [1.54, 1.807) is 18.2 Å². The smallest absolute Gasteiger partial charge is 0.403 e. The molecule has 0 bridgehead atoms. The molecule has 0 spiro atoms. The zero-order valence-electron chi connectivity index (χ0n) is 21.5.